The van der Waals surface area contributed by atoms with Crippen molar-refractivity contribution in [3.8, 4) is 23.7 Å². The van der Waals surface area contributed by atoms with Crippen molar-refractivity contribution in [3.05, 3.63) is 59.7 Å². The van der Waals surface area contributed by atoms with Crippen LogP contribution in [0.2, 0.25) is 0 Å². The Labute approximate surface area is 455 Å². The van der Waals surface area contributed by atoms with E-state index in [-0.39, 0.29) is 71.2 Å². The smallest absolute Gasteiger partial charge is 0.272 e. The van der Waals surface area contributed by atoms with Gasteiger partial charge in [-0.3, -0.25) is 19.2 Å². The third kappa shape index (κ3) is 15.3. The Balaban J connectivity index is 0.00000624. The van der Waals surface area contributed by atoms with E-state index < -0.39 is 91.8 Å². The number of tetrazole rings is 2. The van der Waals surface area contributed by atoms with Crippen molar-refractivity contribution in [2.24, 2.45) is 0 Å². The van der Waals surface area contributed by atoms with Crippen molar-refractivity contribution in [1.29, 1.82) is 0 Å². The van der Waals surface area contributed by atoms with Gasteiger partial charge in [0.05, 0.1) is 59.3 Å². The number of likely N-dealkylation sites (tertiary alicyclic amines) is 2. The van der Waals surface area contributed by atoms with E-state index in [0.717, 1.165) is 11.1 Å². The number of nitrogens with zero attached hydrogens (tertiary/aromatic N) is 10. The summed E-state index contributed by atoms with van der Waals surface area (Å²) >= 11 is 0. The van der Waals surface area contributed by atoms with Crippen LogP contribution in [0, 0.1) is 37.5 Å². The summed E-state index contributed by atoms with van der Waals surface area (Å²) in [6.45, 7) is 10.5. The van der Waals surface area contributed by atoms with Crippen LogP contribution in [0.1, 0.15) is 64.5 Å². The molecule has 2 aromatic carbocycles. The van der Waals surface area contributed by atoms with Gasteiger partial charge in [-0.15, -0.1) is 24.8 Å². The van der Waals surface area contributed by atoms with E-state index in [4.69, 9.17) is 9.47 Å². The van der Waals surface area contributed by atoms with Crippen LogP contribution in [0.15, 0.2) is 68.6 Å². The minimum Gasteiger partial charge on any atom is -0.363 e. The summed E-state index contributed by atoms with van der Waals surface area (Å²) in [5, 5.41) is 33.5. The summed E-state index contributed by atoms with van der Waals surface area (Å²) in [4.78, 5) is 58.2. The molecule has 4 heterocycles. The highest BCUT2D eigenvalue weighted by atomic mass is 35.5. The summed E-state index contributed by atoms with van der Waals surface area (Å²) in [5.41, 5.74) is 1.77. The van der Waals surface area contributed by atoms with Gasteiger partial charge in [0.25, 0.3) is 10.3 Å². The summed E-state index contributed by atoms with van der Waals surface area (Å²) < 4.78 is 68.4. The monoisotopic (exact) mass is 1130 g/mol. The highest BCUT2D eigenvalue weighted by Crippen LogP contribution is 2.26. The molecule has 0 aliphatic carbocycles. The largest absolute Gasteiger partial charge is 0.363 e. The molecule has 0 unspecified atom stereocenters. The van der Waals surface area contributed by atoms with Crippen molar-refractivity contribution in [2.45, 2.75) is 149 Å². The fourth-order valence-corrected chi connectivity index (χ4v) is 10.8. The number of rotatable bonds is 22. The van der Waals surface area contributed by atoms with Crippen LogP contribution >= 0.6 is 24.8 Å². The number of aromatic nitrogens is 8. The zero-order chi connectivity index (χ0) is 53.7. The van der Waals surface area contributed by atoms with Crippen LogP contribution in [0.25, 0.3) is 0 Å². The van der Waals surface area contributed by atoms with Crippen molar-refractivity contribution in [2.75, 3.05) is 40.4 Å². The Morgan fingerprint density at radius 3 is 1.32 bits per heavy atom. The van der Waals surface area contributed by atoms with Gasteiger partial charge in [-0.25, -0.2) is 26.2 Å². The zero-order valence-electron chi connectivity index (χ0n) is 43.5. The van der Waals surface area contributed by atoms with Crippen LogP contribution in [-0.2, 0) is 61.4 Å². The SMILES string of the molecule is CN[C@@H](C)C(=O)N[C@H](C(=O)N1CCC[C@H]1Cn1nnnc1S(=O)(=O)c1ccc(C)cc1)[C@@H](C)OCC#CC#CCO[C@H](C)[C@H](NC(=O)[C@H](C)NC)C(=O)N1CCC[C@H]1Cn1nnnc1S(=O)(=O)c1ccc(C)cc1.Cl.Cl. The molecule has 2 saturated heterocycles. The molecule has 414 valence electrons. The highest BCUT2D eigenvalue weighted by molar-refractivity contribution is 7.91. The second-order valence-corrected chi connectivity index (χ2v) is 21.9. The van der Waals surface area contributed by atoms with Gasteiger partial charge in [-0.1, -0.05) is 57.4 Å². The molecule has 2 aliphatic rings. The van der Waals surface area contributed by atoms with E-state index in [2.05, 4.69) is 76.0 Å². The second-order valence-electron chi connectivity index (χ2n) is 18.2. The standard InChI is InChI=1S/C48H64N14O10S2.2ClH/c1-31-17-21-39(22-18-31)73(67,68)47-53-55-57-61(47)29-37-15-13-25-59(37)45(65)41(51-43(63)33(3)49-7)35(5)71-27-11-9-10-12-28-72-36(6)42(52-44(64)34(4)50-8)46(66)60-26-14-16-38(60)30-62-48(54-56-58-62)74(69,70)40-23-19-32(2)20-24-40;;/h17-24,33-38,41-42,49-50H,13-16,25-30H2,1-8H3,(H,51,63)(H,52,64);2*1H/t33-,34-,35+,36+,37-,38-,41-,42-;;/m0../s1. The molecule has 4 N–H and O–H groups in total. The van der Waals surface area contributed by atoms with Gasteiger partial charge in [0.1, 0.15) is 25.3 Å². The summed E-state index contributed by atoms with van der Waals surface area (Å²) in [6, 6.07) is 8.07. The topological polar surface area (TPSA) is 297 Å². The molecule has 2 aromatic heterocycles. The Morgan fingerprint density at radius 1 is 0.618 bits per heavy atom. The third-order valence-electron chi connectivity index (χ3n) is 13.0. The van der Waals surface area contributed by atoms with E-state index in [1.54, 1.807) is 75.9 Å². The number of aryl methyl sites for hydroxylation is 2. The first-order valence-electron chi connectivity index (χ1n) is 24.2. The average Bonchev–Trinajstić information content (AvgIpc) is 4.24. The van der Waals surface area contributed by atoms with E-state index >= 15 is 0 Å². The molecule has 8 atom stereocenters. The molecular formula is C48H66Cl2N14O10S2. The number of ether oxygens (including phenoxy) is 2. The van der Waals surface area contributed by atoms with Gasteiger partial charge in [-0.2, -0.15) is 0 Å². The predicted molar refractivity (Wildman–Crippen MR) is 280 cm³/mol. The number of sulfone groups is 2. The Bertz CT molecular complexity index is 2780. The normalized spacial score (nSPS) is 17.7. The average molecular weight is 1130 g/mol. The molecule has 2 aliphatic heterocycles. The molecule has 0 radical (unpaired) electrons. The minimum atomic E-state index is -4.08. The molecular weight excluding hydrogens is 1070 g/mol. The number of benzene rings is 2. The summed E-state index contributed by atoms with van der Waals surface area (Å²) in [7, 11) is -4.93. The van der Waals surface area contributed by atoms with Crippen LogP contribution in [0.4, 0.5) is 0 Å². The molecule has 24 nitrogen and oxygen atoms in total. The number of hydrogen-bond acceptors (Lipinski definition) is 18. The zero-order valence-corrected chi connectivity index (χ0v) is 46.8. The van der Waals surface area contributed by atoms with Crippen LogP contribution in [0.5, 0.6) is 0 Å². The molecule has 6 rings (SSSR count). The summed E-state index contributed by atoms with van der Waals surface area (Å²) in [5.74, 6) is 9.18. The van der Waals surface area contributed by atoms with E-state index in [0.29, 0.717) is 38.8 Å². The van der Waals surface area contributed by atoms with Crippen LogP contribution < -0.4 is 21.3 Å². The van der Waals surface area contributed by atoms with E-state index in [1.807, 2.05) is 13.8 Å². The van der Waals surface area contributed by atoms with Gasteiger partial charge >= 0.3 is 0 Å². The third-order valence-corrected chi connectivity index (χ3v) is 16.4. The van der Waals surface area contributed by atoms with Crippen molar-refractivity contribution in [1.82, 2.24) is 71.5 Å². The number of carbonyl (C=O) groups is 4. The molecule has 0 spiro atoms. The van der Waals surface area contributed by atoms with Crippen molar-refractivity contribution < 1.29 is 45.5 Å². The molecule has 0 saturated carbocycles. The fraction of sp³-hybridized carbons (Fsp3) is 0.542. The van der Waals surface area contributed by atoms with Gasteiger partial charge < -0.3 is 40.5 Å². The molecule has 2 fully saturated rings. The quantitative estimate of drug-likeness (QED) is 0.0778. The predicted octanol–water partition coefficient (Wildman–Crippen LogP) is 0.470. The first kappa shape index (κ1) is 62.4. The lowest BCUT2D eigenvalue weighted by molar-refractivity contribution is -0.142. The second kappa shape index (κ2) is 28.3. The number of halogens is 2. The maximum absolute atomic E-state index is 14.3. The summed E-state index contributed by atoms with van der Waals surface area (Å²) in [6.07, 6.45) is 0.537. The van der Waals surface area contributed by atoms with Crippen LogP contribution in [0.3, 0.4) is 0 Å². The lowest BCUT2D eigenvalue weighted by Crippen LogP contribution is -2.58. The number of likely N-dealkylation sites (N-methyl/N-ethyl adjacent to an activating group) is 2. The van der Waals surface area contributed by atoms with Gasteiger partial charge in [0, 0.05) is 13.1 Å². The maximum atomic E-state index is 14.3. The van der Waals surface area contributed by atoms with Crippen molar-refractivity contribution >= 4 is 68.1 Å². The minimum absolute atomic E-state index is 0. The Hall–Kier alpha value is -6.10. The molecule has 28 heteroatoms. The van der Waals surface area contributed by atoms with E-state index in [1.165, 1.54) is 33.6 Å². The van der Waals surface area contributed by atoms with Gasteiger partial charge in [0.2, 0.25) is 43.3 Å². The lowest BCUT2D eigenvalue weighted by atomic mass is 10.1. The van der Waals surface area contributed by atoms with Crippen molar-refractivity contribution in [3.63, 3.8) is 0 Å². The van der Waals surface area contributed by atoms with Gasteiger partial charge in [-0.05, 0) is 138 Å². The lowest BCUT2D eigenvalue weighted by Gasteiger charge is -2.32. The highest BCUT2D eigenvalue weighted by Gasteiger charge is 2.41. The van der Waals surface area contributed by atoms with Crippen LogP contribution in [-0.4, -0.2) is 180 Å². The number of carbonyl (C=O) groups excluding carboxylic acids is 4. The van der Waals surface area contributed by atoms with E-state index in [9.17, 15) is 36.0 Å². The number of nitrogens with one attached hydrogen (secondary N) is 4. The molecule has 76 heavy (non-hydrogen) atoms. The Morgan fingerprint density at radius 2 is 0.974 bits per heavy atom. The first-order chi connectivity index (χ1) is 35.3. The maximum Gasteiger partial charge on any atom is 0.272 e. The molecule has 0 bridgehead atoms. The Kier molecular flexibility index (Phi) is 23.3. The first-order valence-corrected chi connectivity index (χ1v) is 27.2. The molecule has 4 aromatic rings. The molecule has 4 amide bonds. The number of hydrogen-bond donors (Lipinski definition) is 4. The van der Waals surface area contributed by atoms with Gasteiger partial charge in [0.15, 0.2) is 0 Å². The number of amides is 4. The fourth-order valence-electron chi connectivity index (χ4n) is 8.32.